The van der Waals surface area contributed by atoms with Crippen molar-refractivity contribution in [1.82, 2.24) is 15.0 Å². The number of rotatable bonds is 5. The van der Waals surface area contributed by atoms with Gasteiger partial charge in [-0.1, -0.05) is 146 Å². The summed E-state index contributed by atoms with van der Waals surface area (Å²) in [6.45, 7) is 0. The molecule has 54 heavy (non-hydrogen) atoms. The maximum atomic E-state index is 6.45. The number of nitrogens with zero attached hydrogens (tertiary/aromatic N) is 3. The highest BCUT2D eigenvalue weighted by molar-refractivity contribution is 6.20. The molecule has 252 valence electrons. The molecule has 0 bridgehead atoms. The van der Waals surface area contributed by atoms with Crippen molar-refractivity contribution in [3.05, 3.63) is 176 Å². The third-order valence-electron chi connectivity index (χ3n) is 10.3. The van der Waals surface area contributed by atoms with Crippen LogP contribution in [0.25, 0.3) is 111 Å². The second-order valence-electron chi connectivity index (χ2n) is 13.5. The number of pyridine rings is 1. The maximum absolute atomic E-state index is 6.45. The molecule has 4 aromatic heterocycles. The fourth-order valence-corrected chi connectivity index (χ4v) is 7.68. The molecule has 0 amide bonds. The van der Waals surface area contributed by atoms with E-state index in [1.165, 1.54) is 0 Å². The summed E-state index contributed by atoms with van der Waals surface area (Å²) in [4.78, 5) is 15.3. The Labute approximate surface area is 309 Å². The highest BCUT2D eigenvalue weighted by Crippen LogP contribution is 2.40. The molecule has 0 saturated heterocycles. The van der Waals surface area contributed by atoms with Gasteiger partial charge in [0.2, 0.25) is 0 Å². The summed E-state index contributed by atoms with van der Waals surface area (Å²) in [6.07, 6.45) is 0. The average Bonchev–Trinajstić information content (AvgIpc) is 3.83. The van der Waals surface area contributed by atoms with Gasteiger partial charge >= 0.3 is 0 Å². The molecule has 0 atom stereocenters. The van der Waals surface area contributed by atoms with Gasteiger partial charge in [-0.05, 0) is 41.5 Å². The van der Waals surface area contributed by atoms with E-state index >= 15 is 0 Å². The minimum Gasteiger partial charge on any atom is -0.455 e. The third-order valence-corrected chi connectivity index (χ3v) is 10.3. The molecular weight excluding hydrogens is 663 g/mol. The van der Waals surface area contributed by atoms with Crippen molar-refractivity contribution in [2.24, 2.45) is 0 Å². The van der Waals surface area contributed by atoms with Crippen LogP contribution < -0.4 is 0 Å². The zero-order chi connectivity index (χ0) is 35.6. The van der Waals surface area contributed by atoms with Crippen molar-refractivity contribution in [3.8, 4) is 56.3 Å². The number of para-hydroxylation sites is 4. The molecule has 0 aliphatic rings. The van der Waals surface area contributed by atoms with Crippen molar-refractivity contribution in [2.45, 2.75) is 0 Å². The number of benzene rings is 7. The van der Waals surface area contributed by atoms with Crippen molar-refractivity contribution < 1.29 is 8.83 Å². The molecule has 0 radical (unpaired) electrons. The summed E-state index contributed by atoms with van der Waals surface area (Å²) < 4.78 is 12.8. The Balaban J connectivity index is 0.975. The van der Waals surface area contributed by atoms with E-state index in [1.54, 1.807) is 0 Å². The first-order chi connectivity index (χ1) is 26.7. The molecule has 0 saturated carbocycles. The molecule has 0 N–H and O–H groups in total. The van der Waals surface area contributed by atoms with Gasteiger partial charge < -0.3 is 8.83 Å². The number of fused-ring (bicyclic) bond motifs is 8. The molecule has 0 fully saturated rings. The van der Waals surface area contributed by atoms with Gasteiger partial charge in [-0.2, -0.15) is 0 Å². The number of hydrogen-bond acceptors (Lipinski definition) is 5. The van der Waals surface area contributed by atoms with Gasteiger partial charge in [0.15, 0.2) is 11.4 Å². The summed E-state index contributed by atoms with van der Waals surface area (Å²) >= 11 is 0. The molecular formula is C49H29N3O2. The fraction of sp³-hybridized carbons (Fsp3) is 0. The van der Waals surface area contributed by atoms with Crippen LogP contribution in [0.2, 0.25) is 0 Å². The van der Waals surface area contributed by atoms with Gasteiger partial charge in [0.25, 0.3) is 0 Å². The lowest BCUT2D eigenvalue weighted by molar-refractivity contribution is 0.668. The van der Waals surface area contributed by atoms with Crippen LogP contribution in [0.4, 0.5) is 0 Å². The van der Waals surface area contributed by atoms with Crippen LogP contribution in [0.15, 0.2) is 185 Å². The largest absolute Gasteiger partial charge is 0.455 e. The minimum absolute atomic E-state index is 0.622. The van der Waals surface area contributed by atoms with Crippen LogP contribution in [0, 0.1) is 0 Å². The summed E-state index contributed by atoms with van der Waals surface area (Å²) in [5.74, 6) is 0.622. The van der Waals surface area contributed by atoms with E-state index in [4.69, 9.17) is 23.8 Å². The Morgan fingerprint density at radius 1 is 0.352 bits per heavy atom. The monoisotopic (exact) mass is 691 g/mol. The first kappa shape index (κ1) is 30.3. The van der Waals surface area contributed by atoms with Crippen LogP contribution >= 0.6 is 0 Å². The SMILES string of the molecule is c1ccc(-c2cc(-c3ccc(-c4ccc(-c5nc6ccccc6c6c5oc5ccccc56)cc4)cc3)nc(-c3cccc4c3oc3ccccc34)n2)cc1. The van der Waals surface area contributed by atoms with Gasteiger partial charge in [-0.3, -0.25) is 0 Å². The van der Waals surface area contributed by atoms with Crippen LogP contribution in [-0.4, -0.2) is 15.0 Å². The Morgan fingerprint density at radius 3 is 1.63 bits per heavy atom. The minimum atomic E-state index is 0.622. The average molecular weight is 692 g/mol. The number of hydrogen-bond donors (Lipinski definition) is 0. The van der Waals surface area contributed by atoms with E-state index in [2.05, 4.69) is 109 Å². The number of furan rings is 2. The van der Waals surface area contributed by atoms with Crippen molar-refractivity contribution >= 4 is 54.8 Å². The van der Waals surface area contributed by atoms with Crippen molar-refractivity contribution in [2.75, 3.05) is 0 Å². The van der Waals surface area contributed by atoms with E-state index in [0.29, 0.717) is 5.82 Å². The van der Waals surface area contributed by atoms with E-state index in [-0.39, 0.29) is 0 Å². The molecule has 11 rings (SSSR count). The zero-order valence-corrected chi connectivity index (χ0v) is 28.9. The molecule has 11 aromatic rings. The van der Waals surface area contributed by atoms with E-state index < -0.39 is 0 Å². The molecule has 0 aliphatic carbocycles. The Morgan fingerprint density at radius 2 is 0.889 bits per heavy atom. The number of aromatic nitrogens is 3. The van der Waals surface area contributed by atoms with Gasteiger partial charge in [0.1, 0.15) is 22.4 Å². The Hall–Kier alpha value is -7.37. The van der Waals surface area contributed by atoms with Crippen LogP contribution in [0.5, 0.6) is 0 Å². The van der Waals surface area contributed by atoms with Gasteiger partial charge in [0.05, 0.1) is 22.5 Å². The molecule has 4 heterocycles. The summed E-state index contributed by atoms with van der Waals surface area (Å²) in [5.41, 5.74) is 12.9. The lowest BCUT2D eigenvalue weighted by Crippen LogP contribution is -1.96. The Bertz CT molecular complexity index is 3200. The second kappa shape index (κ2) is 12.1. The van der Waals surface area contributed by atoms with E-state index in [0.717, 1.165) is 105 Å². The maximum Gasteiger partial charge on any atom is 0.164 e. The predicted molar refractivity (Wildman–Crippen MR) is 219 cm³/mol. The Kier molecular flexibility index (Phi) is 6.79. The zero-order valence-electron chi connectivity index (χ0n) is 28.9. The van der Waals surface area contributed by atoms with Crippen LogP contribution in [0.3, 0.4) is 0 Å². The summed E-state index contributed by atoms with van der Waals surface area (Å²) in [5, 5.41) is 5.42. The van der Waals surface area contributed by atoms with Crippen molar-refractivity contribution in [3.63, 3.8) is 0 Å². The lowest BCUT2D eigenvalue weighted by atomic mass is 9.99. The first-order valence-corrected chi connectivity index (χ1v) is 18.0. The molecule has 0 aliphatic heterocycles. The lowest BCUT2D eigenvalue weighted by Gasteiger charge is -2.11. The van der Waals surface area contributed by atoms with E-state index in [1.807, 2.05) is 66.7 Å². The summed E-state index contributed by atoms with van der Waals surface area (Å²) in [6, 6.07) is 60.2. The normalized spacial score (nSPS) is 11.7. The predicted octanol–water partition coefficient (Wildman–Crippen LogP) is 13.2. The molecule has 7 aromatic carbocycles. The van der Waals surface area contributed by atoms with Crippen LogP contribution in [0.1, 0.15) is 0 Å². The second-order valence-corrected chi connectivity index (χ2v) is 13.5. The van der Waals surface area contributed by atoms with E-state index in [9.17, 15) is 0 Å². The topological polar surface area (TPSA) is 65.0 Å². The van der Waals surface area contributed by atoms with Gasteiger partial charge in [0, 0.05) is 43.6 Å². The standard InChI is InChI=1S/C49H29N3O2/c1-2-11-32(12-3-1)41-29-42(52-49(51-41)39-17-10-16-36-35-13-5-8-19-43(35)53-47(36)39)33-25-21-30(22-26-33)31-23-27-34(28-24-31)46-48-45(37-14-4-7-18-40(37)50-46)38-15-6-9-20-44(38)54-48/h1-29H. The summed E-state index contributed by atoms with van der Waals surface area (Å²) in [7, 11) is 0. The first-order valence-electron chi connectivity index (χ1n) is 18.0. The van der Waals surface area contributed by atoms with Crippen molar-refractivity contribution in [1.29, 1.82) is 0 Å². The fourth-order valence-electron chi connectivity index (χ4n) is 7.68. The smallest absolute Gasteiger partial charge is 0.164 e. The van der Waals surface area contributed by atoms with Crippen LogP contribution in [-0.2, 0) is 0 Å². The third kappa shape index (κ3) is 4.90. The quantitative estimate of drug-likeness (QED) is 0.180. The highest BCUT2D eigenvalue weighted by Gasteiger charge is 2.19. The van der Waals surface area contributed by atoms with Gasteiger partial charge in [-0.15, -0.1) is 0 Å². The molecule has 0 unspecified atom stereocenters. The van der Waals surface area contributed by atoms with Gasteiger partial charge in [-0.25, -0.2) is 15.0 Å². The molecule has 5 heteroatoms. The molecule has 5 nitrogen and oxygen atoms in total. The highest BCUT2D eigenvalue weighted by atomic mass is 16.3. The molecule has 0 spiro atoms.